The van der Waals surface area contributed by atoms with Crippen LogP contribution in [-0.2, 0) is 0 Å². The molecule has 1 aromatic rings. The zero-order chi connectivity index (χ0) is 5.82. The third kappa shape index (κ3) is 0.936. The fourth-order valence-corrected chi connectivity index (χ4v) is 0.532. The topological polar surface area (TPSA) is 17.1 Å². The Morgan fingerprint density at radius 1 is 1.12 bits per heavy atom. The first kappa shape index (κ1) is 5.04. The second kappa shape index (κ2) is 2.26. The summed E-state index contributed by atoms with van der Waals surface area (Å²) < 4.78 is 0. The van der Waals surface area contributed by atoms with Gasteiger partial charge in [0, 0.05) is 5.56 Å². The highest BCUT2D eigenvalue weighted by Gasteiger charge is 1.79. The van der Waals surface area contributed by atoms with Crippen LogP contribution >= 0.6 is 0 Å². The predicted octanol–water partition coefficient (Wildman–Crippen LogP) is 1.50. The maximum atomic E-state index is 10.0. The zero-order valence-electron chi connectivity index (χ0n) is 4.37. The largest absolute Gasteiger partial charge is 0.298 e. The maximum absolute atomic E-state index is 10.0. The monoisotopic (exact) mass is 107 g/mol. The van der Waals surface area contributed by atoms with Gasteiger partial charge in [-0.1, -0.05) is 30.3 Å². The van der Waals surface area contributed by atoms with E-state index in [-0.39, 0.29) is 0 Å². The van der Waals surface area contributed by atoms with E-state index in [1.54, 1.807) is 12.1 Å². The van der Waals surface area contributed by atoms with Crippen molar-refractivity contribution >= 4 is 6.29 Å². The highest BCUT2D eigenvalue weighted by Crippen LogP contribution is 1.91. The minimum Gasteiger partial charge on any atom is -0.298 e. The molecule has 0 unspecified atom stereocenters. The molecule has 0 bridgehead atoms. The standard InChI is InChI=1S/C7H6O/c8-6-7-4-2-1-3-5-7/h1-6H/i7+1. The van der Waals surface area contributed by atoms with E-state index in [0.717, 1.165) is 11.8 Å². The molecule has 0 atom stereocenters. The van der Waals surface area contributed by atoms with Crippen LogP contribution in [0.25, 0.3) is 0 Å². The molecule has 1 rings (SSSR count). The lowest BCUT2D eigenvalue weighted by Crippen LogP contribution is -1.73. The fourth-order valence-electron chi connectivity index (χ4n) is 0.532. The number of aldehydes is 1. The quantitative estimate of drug-likeness (QED) is 0.497. The Balaban J connectivity index is 2.99. The predicted molar refractivity (Wildman–Crippen MR) is 31.8 cm³/mol. The summed E-state index contributed by atoms with van der Waals surface area (Å²) >= 11 is 0. The number of rotatable bonds is 1. The molecule has 8 heavy (non-hydrogen) atoms. The lowest BCUT2D eigenvalue weighted by Gasteiger charge is -1.81. The highest BCUT2D eigenvalue weighted by atomic mass is 16.1. The molecule has 0 saturated heterocycles. The summed E-state index contributed by atoms with van der Waals surface area (Å²) in [6, 6.07) is 9.10. The van der Waals surface area contributed by atoms with Crippen LogP contribution < -0.4 is 0 Å². The van der Waals surface area contributed by atoms with E-state index >= 15 is 0 Å². The Morgan fingerprint density at radius 2 is 1.75 bits per heavy atom. The van der Waals surface area contributed by atoms with Gasteiger partial charge in [0.1, 0.15) is 6.29 Å². The van der Waals surface area contributed by atoms with E-state index in [4.69, 9.17) is 0 Å². The van der Waals surface area contributed by atoms with E-state index in [1.165, 1.54) is 0 Å². The average molecular weight is 107 g/mol. The van der Waals surface area contributed by atoms with Crippen molar-refractivity contribution in [2.75, 3.05) is 0 Å². The Labute approximate surface area is 48.0 Å². The molecule has 1 aromatic carbocycles. The first-order valence-electron chi connectivity index (χ1n) is 2.44. The van der Waals surface area contributed by atoms with E-state index in [0.29, 0.717) is 0 Å². The van der Waals surface area contributed by atoms with Crippen molar-refractivity contribution in [2.45, 2.75) is 0 Å². The molecule has 0 heterocycles. The molecule has 0 radical (unpaired) electrons. The molecule has 1 nitrogen and oxygen atoms in total. The smallest absolute Gasteiger partial charge is 0.150 e. The van der Waals surface area contributed by atoms with Crippen LogP contribution in [0.2, 0.25) is 0 Å². The normalized spacial score (nSPS) is 8.50. The minimum absolute atomic E-state index is 0.729. The van der Waals surface area contributed by atoms with Crippen molar-refractivity contribution in [3.63, 3.8) is 0 Å². The van der Waals surface area contributed by atoms with Gasteiger partial charge in [-0.25, -0.2) is 0 Å². The summed E-state index contributed by atoms with van der Waals surface area (Å²) in [6.07, 6.45) is 0.833. The van der Waals surface area contributed by atoms with Crippen molar-refractivity contribution in [1.82, 2.24) is 0 Å². The van der Waals surface area contributed by atoms with Gasteiger partial charge in [0.2, 0.25) is 0 Å². The number of hydrogen-bond donors (Lipinski definition) is 0. The number of carbonyl (C=O) groups excluding carboxylic acids is 1. The van der Waals surface area contributed by atoms with Crippen molar-refractivity contribution in [2.24, 2.45) is 0 Å². The molecule has 0 aliphatic carbocycles. The summed E-state index contributed by atoms with van der Waals surface area (Å²) in [5.74, 6) is 0. The van der Waals surface area contributed by atoms with Gasteiger partial charge < -0.3 is 0 Å². The number of benzene rings is 1. The molecule has 0 aromatic heterocycles. The molecular formula is C7H6O. The van der Waals surface area contributed by atoms with Crippen molar-refractivity contribution in [1.29, 1.82) is 0 Å². The lowest BCUT2D eigenvalue weighted by atomic mass is 10.4. The first-order valence-corrected chi connectivity index (χ1v) is 2.44. The molecular weight excluding hydrogens is 101 g/mol. The van der Waals surface area contributed by atoms with Crippen LogP contribution in [0.4, 0.5) is 0 Å². The Hall–Kier alpha value is -1.11. The summed E-state index contributed by atoms with van der Waals surface area (Å²) in [6.45, 7) is 0. The first-order chi connectivity index (χ1) is 3.93. The van der Waals surface area contributed by atoms with Crippen molar-refractivity contribution in [3.05, 3.63) is 35.9 Å². The SMILES string of the molecule is O=C[13c]1ccccc1. The van der Waals surface area contributed by atoms with E-state index < -0.39 is 0 Å². The summed E-state index contributed by atoms with van der Waals surface area (Å²) in [5.41, 5.74) is 0.729. The molecule has 0 N–H and O–H groups in total. The molecule has 0 fully saturated rings. The maximum Gasteiger partial charge on any atom is 0.150 e. The van der Waals surface area contributed by atoms with Crippen LogP contribution in [0, 0.1) is 0 Å². The highest BCUT2D eigenvalue weighted by molar-refractivity contribution is 5.74. The third-order valence-electron chi connectivity index (χ3n) is 0.936. The van der Waals surface area contributed by atoms with Gasteiger partial charge >= 0.3 is 0 Å². The fraction of sp³-hybridized carbons (Fsp3) is 0. The van der Waals surface area contributed by atoms with Gasteiger partial charge in [-0.3, -0.25) is 4.79 Å². The van der Waals surface area contributed by atoms with Gasteiger partial charge in [0.05, 0.1) is 0 Å². The molecule has 0 amide bonds. The van der Waals surface area contributed by atoms with Gasteiger partial charge in [0.25, 0.3) is 0 Å². The Bertz CT molecular complexity index is 167. The van der Waals surface area contributed by atoms with Crippen molar-refractivity contribution < 1.29 is 4.79 Å². The number of carbonyl (C=O) groups is 1. The molecule has 40 valence electrons. The van der Waals surface area contributed by atoms with Crippen LogP contribution in [0.15, 0.2) is 30.3 Å². The molecule has 0 aliphatic heterocycles. The summed E-state index contributed by atoms with van der Waals surface area (Å²) in [7, 11) is 0. The molecule has 0 saturated carbocycles. The van der Waals surface area contributed by atoms with Gasteiger partial charge in [-0.15, -0.1) is 0 Å². The lowest BCUT2D eigenvalue weighted by molar-refractivity contribution is 0.112. The van der Waals surface area contributed by atoms with E-state index in [2.05, 4.69) is 0 Å². The Morgan fingerprint density at radius 3 is 2.12 bits per heavy atom. The molecule has 1 heteroatoms. The van der Waals surface area contributed by atoms with Crippen molar-refractivity contribution in [3.8, 4) is 0 Å². The molecule has 0 spiro atoms. The van der Waals surface area contributed by atoms with Crippen LogP contribution in [0.3, 0.4) is 0 Å². The van der Waals surface area contributed by atoms with Crippen LogP contribution in [0.1, 0.15) is 10.4 Å². The summed E-state index contributed by atoms with van der Waals surface area (Å²) in [5, 5.41) is 0. The van der Waals surface area contributed by atoms with Gasteiger partial charge in [0.15, 0.2) is 0 Å². The van der Waals surface area contributed by atoms with Gasteiger partial charge in [-0.05, 0) is 0 Å². The Kier molecular flexibility index (Phi) is 1.42. The molecule has 0 aliphatic rings. The second-order valence-corrected chi connectivity index (χ2v) is 1.53. The van der Waals surface area contributed by atoms with E-state index in [9.17, 15) is 4.79 Å². The third-order valence-corrected chi connectivity index (χ3v) is 0.936. The van der Waals surface area contributed by atoms with Crippen LogP contribution in [0.5, 0.6) is 0 Å². The van der Waals surface area contributed by atoms with E-state index in [1.807, 2.05) is 18.2 Å². The average Bonchev–Trinajstić information content (AvgIpc) is 1.90. The summed E-state index contributed by atoms with van der Waals surface area (Å²) in [4.78, 5) is 10.0. The second-order valence-electron chi connectivity index (χ2n) is 1.53. The zero-order valence-corrected chi connectivity index (χ0v) is 4.37. The van der Waals surface area contributed by atoms with Gasteiger partial charge in [-0.2, -0.15) is 0 Å². The van der Waals surface area contributed by atoms with Crippen LogP contribution in [-0.4, -0.2) is 6.29 Å². The minimum atomic E-state index is 0.729. The number of hydrogen-bond acceptors (Lipinski definition) is 1.